The van der Waals surface area contributed by atoms with Crippen LogP contribution in [0, 0.1) is 5.92 Å². The molecule has 0 bridgehead atoms. The molecule has 2 unspecified atom stereocenters. The van der Waals surface area contributed by atoms with Gasteiger partial charge in [-0.15, -0.1) is 0 Å². The number of nitrogens with one attached hydrogen (secondary N) is 1. The molecule has 0 spiro atoms. The fraction of sp³-hybridized carbons (Fsp3) is 1.00. The standard InChI is InChI=1S/C11H20N2/c1-7(2)10-11-12-8-5-3-4-6-9(8)13(10)11/h7-12H,3-6H2,1-2H3/t8-,9+,10?,11?,13-/m1/s1. The van der Waals surface area contributed by atoms with Crippen LogP contribution in [-0.4, -0.2) is 29.2 Å². The molecule has 2 nitrogen and oxygen atoms in total. The Hall–Kier alpha value is -0.0800. The Morgan fingerprint density at radius 1 is 1.23 bits per heavy atom. The second-order valence-corrected chi connectivity index (χ2v) is 5.25. The number of piperazine rings is 1. The van der Waals surface area contributed by atoms with Gasteiger partial charge in [0.05, 0.1) is 6.17 Å². The quantitative estimate of drug-likeness (QED) is 0.616. The summed E-state index contributed by atoms with van der Waals surface area (Å²) < 4.78 is 0. The molecule has 2 heteroatoms. The highest BCUT2D eigenvalue weighted by molar-refractivity contribution is 5.15. The Kier molecular flexibility index (Phi) is 1.72. The Balaban J connectivity index is 1.71. The molecule has 5 atom stereocenters. The monoisotopic (exact) mass is 180 g/mol. The Bertz CT molecular complexity index is 214. The third-order valence-electron chi connectivity index (χ3n) is 4.08. The van der Waals surface area contributed by atoms with Gasteiger partial charge < -0.3 is 0 Å². The van der Waals surface area contributed by atoms with E-state index in [-0.39, 0.29) is 0 Å². The minimum absolute atomic E-state index is 0.757. The lowest BCUT2D eigenvalue weighted by atomic mass is 9.90. The summed E-state index contributed by atoms with van der Waals surface area (Å²) in [5.74, 6) is 0.834. The normalized spacial score (nSPS) is 53.3. The molecular weight excluding hydrogens is 160 g/mol. The van der Waals surface area contributed by atoms with Crippen LogP contribution in [0.1, 0.15) is 39.5 Å². The zero-order chi connectivity index (χ0) is 9.00. The maximum absolute atomic E-state index is 3.79. The second kappa shape index (κ2) is 2.71. The maximum Gasteiger partial charge on any atom is 0.0770 e. The Labute approximate surface area is 80.7 Å². The summed E-state index contributed by atoms with van der Waals surface area (Å²) in [4.78, 5) is 2.73. The van der Waals surface area contributed by atoms with Crippen LogP contribution in [0.3, 0.4) is 0 Å². The van der Waals surface area contributed by atoms with Crippen molar-refractivity contribution in [1.29, 1.82) is 0 Å². The Morgan fingerprint density at radius 3 is 2.77 bits per heavy atom. The van der Waals surface area contributed by atoms with Gasteiger partial charge >= 0.3 is 0 Å². The van der Waals surface area contributed by atoms with E-state index in [0.29, 0.717) is 0 Å². The highest BCUT2D eigenvalue weighted by Crippen LogP contribution is 2.45. The molecule has 2 heterocycles. The molecule has 1 aliphatic carbocycles. The van der Waals surface area contributed by atoms with E-state index in [1.54, 1.807) is 0 Å². The van der Waals surface area contributed by atoms with Crippen molar-refractivity contribution in [1.82, 2.24) is 10.2 Å². The van der Waals surface area contributed by atoms with Crippen LogP contribution >= 0.6 is 0 Å². The maximum atomic E-state index is 3.79. The second-order valence-electron chi connectivity index (χ2n) is 5.25. The van der Waals surface area contributed by atoms with Crippen molar-refractivity contribution in [2.75, 3.05) is 0 Å². The van der Waals surface area contributed by atoms with Gasteiger partial charge in [-0.25, -0.2) is 0 Å². The fourth-order valence-corrected chi connectivity index (χ4v) is 3.47. The molecule has 0 aromatic rings. The van der Waals surface area contributed by atoms with Gasteiger partial charge in [-0.05, 0) is 18.8 Å². The van der Waals surface area contributed by atoms with Crippen LogP contribution in [0.25, 0.3) is 0 Å². The van der Waals surface area contributed by atoms with Gasteiger partial charge in [0, 0.05) is 18.1 Å². The number of fused-ring (bicyclic) bond motifs is 3. The summed E-state index contributed by atoms with van der Waals surface area (Å²) in [6.45, 7) is 4.70. The molecule has 0 radical (unpaired) electrons. The molecule has 3 rings (SSSR count). The van der Waals surface area contributed by atoms with Gasteiger partial charge in [0.1, 0.15) is 0 Å². The third-order valence-corrected chi connectivity index (χ3v) is 4.08. The summed E-state index contributed by atoms with van der Waals surface area (Å²) in [6.07, 6.45) is 6.52. The summed E-state index contributed by atoms with van der Waals surface area (Å²) in [5, 5.41) is 3.79. The zero-order valence-corrected chi connectivity index (χ0v) is 8.66. The van der Waals surface area contributed by atoms with Crippen LogP contribution in [0.15, 0.2) is 0 Å². The first-order valence-corrected chi connectivity index (χ1v) is 5.82. The van der Waals surface area contributed by atoms with E-state index in [1.165, 1.54) is 25.7 Å². The minimum Gasteiger partial charge on any atom is -0.296 e. The summed E-state index contributed by atoms with van der Waals surface area (Å²) >= 11 is 0. The van der Waals surface area contributed by atoms with E-state index < -0.39 is 0 Å². The average molecular weight is 180 g/mol. The SMILES string of the molecule is CC(C)C1C2N[C@@H]3CCCC[C@@H]3[N@@]21. The van der Waals surface area contributed by atoms with E-state index in [4.69, 9.17) is 0 Å². The summed E-state index contributed by atoms with van der Waals surface area (Å²) in [5.41, 5.74) is 0. The van der Waals surface area contributed by atoms with Crippen molar-refractivity contribution >= 4 is 0 Å². The van der Waals surface area contributed by atoms with E-state index in [2.05, 4.69) is 24.1 Å². The van der Waals surface area contributed by atoms with Crippen molar-refractivity contribution in [3.8, 4) is 0 Å². The molecule has 3 aliphatic rings. The molecule has 1 N–H and O–H groups in total. The van der Waals surface area contributed by atoms with Crippen LogP contribution in [-0.2, 0) is 0 Å². The number of rotatable bonds is 1. The first kappa shape index (κ1) is 8.25. The fourth-order valence-electron chi connectivity index (χ4n) is 3.47. The van der Waals surface area contributed by atoms with E-state index in [0.717, 1.165) is 30.2 Å². The lowest BCUT2D eigenvalue weighted by Crippen LogP contribution is -2.42. The van der Waals surface area contributed by atoms with E-state index in [1.807, 2.05) is 0 Å². The molecule has 0 aromatic heterocycles. The lowest BCUT2D eigenvalue weighted by molar-refractivity contribution is 0.255. The highest BCUT2D eigenvalue weighted by atomic mass is 15.5. The van der Waals surface area contributed by atoms with Gasteiger partial charge in [0.15, 0.2) is 0 Å². The molecular formula is C11H20N2. The van der Waals surface area contributed by atoms with Gasteiger partial charge in [0.25, 0.3) is 0 Å². The molecule has 13 heavy (non-hydrogen) atoms. The number of hydrogen-bond donors (Lipinski definition) is 1. The summed E-state index contributed by atoms with van der Waals surface area (Å²) in [6, 6.07) is 2.60. The number of nitrogens with zero attached hydrogens (tertiary/aromatic N) is 1. The van der Waals surface area contributed by atoms with Crippen molar-refractivity contribution in [2.45, 2.75) is 63.8 Å². The zero-order valence-electron chi connectivity index (χ0n) is 8.66. The first-order chi connectivity index (χ1) is 6.29. The topological polar surface area (TPSA) is 15.0 Å². The summed E-state index contributed by atoms with van der Waals surface area (Å²) in [7, 11) is 0. The smallest absolute Gasteiger partial charge is 0.0770 e. The Morgan fingerprint density at radius 2 is 2.00 bits per heavy atom. The van der Waals surface area contributed by atoms with Crippen LogP contribution in [0.4, 0.5) is 0 Å². The molecule has 0 amide bonds. The van der Waals surface area contributed by atoms with Gasteiger partial charge in [-0.2, -0.15) is 0 Å². The molecule has 3 fully saturated rings. The molecule has 2 saturated heterocycles. The number of hydrogen-bond acceptors (Lipinski definition) is 2. The predicted octanol–water partition coefficient (Wildman–Crippen LogP) is 1.57. The van der Waals surface area contributed by atoms with Gasteiger partial charge in [0.2, 0.25) is 0 Å². The third kappa shape index (κ3) is 1.08. The van der Waals surface area contributed by atoms with E-state index in [9.17, 15) is 0 Å². The van der Waals surface area contributed by atoms with Crippen molar-refractivity contribution in [2.24, 2.45) is 5.92 Å². The van der Waals surface area contributed by atoms with E-state index >= 15 is 0 Å². The first-order valence-electron chi connectivity index (χ1n) is 5.82. The van der Waals surface area contributed by atoms with Crippen molar-refractivity contribution in [3.63, 3.8) is 0 Å². The minimum atomic E-state index is 0.757. The largest absolute Gasteiger partial charge is 0.296 e. The highest BCUT2D eigenvalue weighted by Gasteiger charge is 2.60. The molecule has 74 valence electrons. The molecule has 2 aliphatic heterocycles. The average Bonchev–Trinajstić information content (AvgIpc) is 2.71. The van der Waals surface area contributed by atoms with Crippen molar-refractivity contribution in [3.05, 3.63) is 0 Å². The van der Waals surface area contributed by atoms with Crippen LogP contribution < -0.4 is 5.32 Å². The van der Waals surface area contributed by atoms with Gasteiger partial charge in [-0.3, -0.25) is 10.2 Å². The molecule has 0 aromatic carbocycles. The lowest BCUT2D eigenvalue weighted by Gasteiger charge is -2.29. The van der Waals surface area contributed by atoms with Crippen LogP contribution in [0.5, 0.6) is 0 Å². The predicted molar refractivity (Wildman–Crippen MR) is 53.4 cm³/mol. The van der Waals surface area contributed by atoms with Crippen LogP contribution in [0.2, 0.25) is 0 Å². The molecule has 1 saturated carbocycles. The van der Waals surface area contributed by atoms with Crippen molar-refractivity contribution < 1.29 is 0 Å². The van der Waals surface area contributed by atoms with Gasteiger partial charge in [-0.1, -0.05) is 26.7 Å².